The first-order valence-corrected chi connectivity index (χ1v) is 14.5. The Morgan fingerprint density at radius 3 is 2.38 bits per heavy atom. The SMILES string of the molecule is C=CCNC(=O)[C@@H]1CCCN1C(=O)[C@H](CC(C)C)NC(=O)[C@@H](O)[C@H](c1ccccc1)N(CC=C)c1ccc(OC)cc1. The number of nitrogens with zero attached hydrogens (tertiary/aromatic N) is 2. The highest BCUT2D eigenvalue weighted by Crippen LogP contribution is 2.32. The minimum atomic E-state index is -1.53. The lowest BCUT2D eigenvalue weighted by Gasteiger charge is -2.37. The monoisotopic (exact) mass is 576 g/mol. The summed E-state index contributed by atoms with van der Waals surface area (Å²) in [7, 11) is 1.59. The van der Waals surface area contributed by atoms with Gasteiger partial charge in [0.05, 0.1) is 13.2 Å². The summed E-state index contributed by atoms with van der Waals surface area (Å²) < 4.78 is 5.30. The Labute approximate surface area is 249 Å². The van der Waals surface area contributed by atoms with Crippen LogP contribution in [0.5, 0.6) is 5.75 Å². The predicted octanol–water partition coefficient (Wildman–Crippen LogP) is 3.61. The fraction of sp³-hybridized carbons (Fsp3) is 0.424. The number of carbonyl (C=O) groups excluding carboxylic acids is 3. The molecule has 2 aromatic carbocycles. The van der Waals surface area contributed by atoms with E-state index in [1.165, 1.54) is 0 Å². The van der Waals surface area contributed by atoms with Gasteiger partial charge in [0, 0.05) is 25.3 Å². The molecule has 42 heavy (non-hydrogen) atoms. The molecule has 1 heterocycles. The van der Waals surface area contributed by atoms with Gasteiger partial charge in [0.2, 0.25) is 11.8 Å². The van der Waals surface area contributed by atoms with Crippen LogP contribution in [0.15, 0.2) is 79.9 Å². The maximum absolute atomic E-state index is 13.8. The van der Waals surface area contributed by atoms with Crippen molar-refractivity contribution in [3.05, 3.63) is 85.5 Å². The van der Waals surface area contributed by atoms with Crippen molar-refractivity contribution in [2.24, 2.45) is 5.92 Å². The Bertz CT molecular complexity index is 1200. The summed E-state index contributed by atoms with van der Waals surface area (Å²) >= 11 is 0. The molecule has 1 aliphatic rings. The second kappa shape index (κ2) is 15.8. The van der Waals surface area contributed by atoms with Crippen molar-refractivity contribution in [3.63, 3.8) is 0 Å². The Balaban J connectivity index is 1.90. The minimum absolute atomic E-state index is 0.0773. The van der Waals surface area contributed by atoms with E-state index in [2.05, 4.69) is 23.8 Å². The molecule has 0 saturated carbocycles. The average molecular weight is 577 g/mol. The number of anilines is 1. The lowest BCUT2D eigenvalue weighted by atomic mass is 9.96. The maximum Gasteiger partial charge on any atom is 0.252 e. The number of hydrogen-bond acceptors (Lipinski definition) is 6. The fourth-order valence-corrected chi connectivity index (χ4v) is 5.36. The van der Waals surface area contributed by atoms with E-state index >= 15 is 0 Å². The number of ether oxygens (including phenoxy) is 1. The molecule has 0 bridgehead atoms. The Morgan fingerprint density at radius 2 is 1.79 bits per heavy atom. The van der Waals surface area contributed by atoms with Gasteiger partial charge in [-0.15, -0.1) is 13.2 Å². The van der Waals surface area contributed by atoms with Gasteiger partial charge in [0.25, 0.3) is 5.91 Å². The number of aliphatic hydroxyl groups is 1. The summed E-state index contributed by atoms with van der Waals surface area (Å²) in [6.07, 6.45) is 3.38. The normalized spacial score (nSPS) is 16.7. The van der Waals surface area contributed by atoms with E-state index in [9.17, 15) is 19.5 Å². The summed E-state index contributed by atoms with van der Waals surface area (Å²) in [5, 5.41) is 17.3. The Kier molecular flexibility index (Phi) is 12.2. The summed E-state index contributed by atoms with van der Waals surface area (Å²) in [5.74, 6) is -0.472. The number of benzene rings is 2. The molecule has 0 spiro atoms. The average Bonchev–Trinajstić information content (AvgIpc) is 3.49. The number of nitrogens with one attached hydrogen (secondary N) is 2. The predicted molar refractivity (Wildman–Crippen MR) is 165 cm³/mol. The molecule has 2 aromatic rings. The van der Waals surface area contributed by atoms with Gasteiger partial charge in [-0.1, -0.05) is 56.3 Å². The van der Waals surface area contributed by atoms with E-state index < -0.39 is 30.1 Å². The van der Waals surface area contributed by atoms with E-state index in [4.69, 9.17) is 4.74 Å². The molecular formula is C33H44N4O5. The number of hydrogen-bond donors (Lipinski definition) is 3. The fourth-order valence-electron chi connectivity index (χ4n) is 5.36. The highest BCUT2D eigenvalue weighted by atomic mass is 16.5. The third-order valence-corrected chi connectivity index (χ3v) is 7.36. The number of amides is 3. The van der Waals surface area contributed by atoms with Crippen molar-refractivity contribution in [2.45, 2.75) is 57.3 Å². The van der Waals surface area contributed by atoms with Gasteiger partial charge >= 0.3 is 0 Å². The van der Waals surface area contributed by atoms with Crippen molar-refractivity contribution in [1.82, 2.24) is 15.5 Å². The molecule has 3 amide bonds. The number of carbonyl (C=O) groups is 3. The molecule has 0 aromatic heterocycles. The molecule has 1 saturated heterocycles. The van der Waals surface area contributed by atoms with Crippen LogP contribution in [-0.4, -0.2) is 72.7 Å². The van der Waals surface area contributed by atoms with Crippen LogP contribution >= 0.6 is 0 Å². The topological polar surface area (TPSA) is 111 Å². The van der Waals surface area contributed by atoms with Crippen LogP contribution in [0, 0.1) is 5.92 Å². The smallest absolute Gasteiger partial charge is 0.252 e. The quantitative estimate of drug-likeness (QED) is 0.280. The van der Waals surface area contributed by atoms with Crippen LogP contribution < -0.4 is 20.3 Å². The van der Waals surface area contributed by atoms with Crippen LogP contribution in [0.1, 0.15) is 44.7 Å². The number of likely N-dealkylation sites (tertiary alicyclic amines) is 1. The van der Waals surface area contributed by atoms with Crippen molar-refractivity contribution in [2.75, 3.05) is 31.6 Å². The van der Waals surface area contributed by atoms with Crippen LogP contribution in [0.3, 0.4) is 0 Å². The second-order valence-corrected chi connectivity index (χ2v) is 10.9. The van der Waals surface area contributed by atoms with Crippen LogP contribution in [0.4, 0.5) is 5.69 Å². The van der Waals surface area contributed by atoms with Gasteiger partial charge in [-0.05, 0) is 55.0 Å². The molecule has 226 valence electrons. The van der Waals surface area contributed by atoms with Crippen molar-refractivity contribution in [1.29, 1.82) is 0 Å². The first-order chi connectivity index (χ1) is 20.2. The van der Waals surface area contributed by atoms with Crippen molar-refractivity contribution >= 4 is 23.4 Å². The van der Waals surface area contributed by atoms with Gasteiger partial charge in [-0.25, -0.2) is 0 Å². The molecule has 3 N–H and O–H groups in total. The highest BCUT2D eigenvalue weighted by Gasteiger charge is 2.40. The lowest BCUT2D eigenvalue weighted by Crippen LogP contribution is -2.56. The van der Waals surface area contributed by atoms with Gasteiger partial charge in [0.1, 0.15) is 17.8 Å². The molecule has 0 unspecified atom stereocenters. The van der Waals surface area contributed by atoms with Crippen molar-refractivity contribution < 1.29 is 24.2 Å². The first kappa shape index (κ1) is 32.4. The van der Waals surface area contributed by atoms with E-state index in [1.54, 1.807) is 24.2 Å². The number of aliphatic hydroxyl groups excluding tert-OH is 1. The van der Waals surface area contributed by atoms with Gasteiger partial charge in [0.15, 0.2) is 6.10 Å². The Morgan fingerprint density at radius 1 is 1.10 bits per heavy atom. The van der Waals surface area contributed by atoms with E-state index in [0.29, 0.717) is 44.6 Å². The van der Waals surface area contributed by atoms with Gasteiger partial charge in [-0.3, -0.25) is 14.4 Å². The third kappa shape index (κ3) is 8.22. The lowest BCUT2D eigenvalue weighted by molar-refractivity contribution is -0.143. The van der Waals surface area contributed by atoms with E-state index in [-0.39, 0.29) is 17.7 Å². The summed E-state index contributed by atoms with van der Waals surface area (Å²) in [6.45, 7) is 12.5. The van der Waals surface area contributed by atoms with E-state index in [0.717, 1.165) is 11.3 Å². The zero-order chi connectivity index (χ0) is 30.6. The molecule has 3 rings (SSSR count). The zero-order valence-corrected chi connectivity index (χ0v) is 24.9. The van der Waals surface area contributed by atoms with Crippen molar-refractivity contribution in [3.8, 4) is 5.75 Å². The molecule has 9 nitrogen and oxygen atoms in total. The van der Waals surface area contributed by atoms with Crippen LogP contribution in [-0.2, 0) is 14.4 Å². The number of methoxy groups -OCH3 is 1. The number of rotatable bonds is 15. The van der Waals surface area contributed by atoms with Crippen LogP contribution in [0.25, 0.3) is 0 Å². The molecule has 4 atom stereocenters. The Hall–Kier alpha value is -4.11. The van der Waals surface area contributed by atoms with Crippen LogP contribution in [0.2, 0.25) is 0 Å². The minimum Gasteiger partial charge on any atom is -0.497 e. The third-order valence-electron chi connectivity index (χ3n) is 7.36. The molecule has 9 heteroatoms. The summed E-state index contributed by atoms with van der Waals surface area (Å²) in [4.78, 5) is 43.7. The molecule has 1 fully saturated rings. The molecular weight excluding hydrogens is 532 g/mol. The molecule has 0 aliphatic carbocycles. The standard InChI is InChI=1S/C33H44N4O5/c1-6-19-34-31(39)28-14-11-21-37(28)33(41)27(22-23(3)4)35-32(40)30(38)29(24-12-9-8-10-13-24)36(20-7-2)25-15-17-26(42-5)18-16-25/h6-10,12-13,15-18,23,27-30,38H,1-2,11,14,19-22H2,3-5H3,(H,34,39)(H,35,40)/t27-,28-,29-,30-/m0/s1. The summed E-state index contributed by atoms with van der Waals surface area (Å²) in [5.41, 5.74) is 1.49. The van der Waals surface area contributed by atoms with Gasteiger partial charge in [-0.2, -0.15) is 0 Å². The summed E-state index contributed by atoms with van der Waals surface area (Å²) in [6, 6.07) is 14.3. The maximum atomic E-state index is 13.8. The second-order valence-electron chi connectivity index (χ2n) is 10.9. The van der Waals surface area contributed by atoms with E-state index in [1.807, 2.05) is 73.3 Å². The first-order valence-electron chi connectivity index (χ1n) is 14.5. The zero-order valence-electron chi connectivity index (χ0n) is 24.9. The van der Waals surface area contributed by atoms with Gasteiger partial charge < -0.3 is 30.3 Å². The molecule has 1 aliphatic heterocycles. The molecule has 0 radical (unpaired) electrons. The highest BCUT2D eigenvalue weighted by molar-refractivity contribution is 5.93. The largest absolute Gasteiger partial charge is 0.497 e.